The van der Waals surface area contributed by atoms with E-state index in [-0.39, 0.29) is 11.9 Å². The zero-order chi connectivity index (χ0) is 15.4. The lowest BCUT2D eigenvalue weighted by Gasteiger charge is -2.08. The fourth-order valence-electron chi connectivity index (χ4n) is 1.99. The van der Waals surface area contributed by atoms with Crippen LogP contribution in [-0.4, -0.2) is 18.0 Å². The van der Waals surface area contributed by atoms with Crippen LogP contribution in [0, 0.1) is 0 Å². The molecule has 0 atom stereocenters. The molecule has 22 heavy (non-hydrogen) atoms. The molecule has 0 spiro atoms. The highest BCUT2D eigenvalue weighted by atomic mass is 16.3. The lowest BCUT2D eigenvalue weighted by Crippen LogP contribution is -2.28. The van der Waals surface area contributed by atoms with Crippen LogP contribution in [0.4, 0.5) is 10.5 Å². The van der Waals surface area contributed by atoms with Gasteiger partial charge in [-0.1, -0.05) is 6.07 Å². The monoisotopic (exact) mass is 299 g/mol. The van der Waals surface area contributed by atoms with Crippen LogP contribution in [0.3, 0.4) is 0 Å². The van der Waals surface area contributed by atoms with Crippen molar-refractivity contribution in [3.05, 3.63) is 54.0 Å². The molecule has 2 aromatic rings. The number of nitrogens with one attached hydrogen (secondary N) is 3. The van der Waals surface area contributed by atoms with Gasteiger partial charge in [-0.15, -0.1) is 0 Å². The number of rotatable bonds is 5. The van der Waals surface area contributed by atoms with Gasteiger partial charge in [-0.05, 0) is 43.2 Å². The molecule has 0 unspecified atom stereocenters. The Hall–Kier alpha value is -2.76. The minimum absolute atomic E-state index is 0.109. The van der Waals surface area contributed by atoms with Crippen molar-refractivity contribution in [1.82, 2.24) is 10.6 Å². The SMILES string of the molecule is O=C(NCc1ccco1)Nc1cccc(C(=O)NC2CC2)c1. The molecule has 6 heteroatoms. The maximum Gasteiger partial charge on any atom is 0.319 e. The number of carbonyl (C=O) groups excluding carboxylic acids is 2. The molecule has 1 aromatic carbocycles. The Morgan fingerprint density at radius 3 is 2.77 bits per heavy atom. The van der Waals surface area contributed by atoms with Gasteiger partial charge in [0, 0.05) is 17.3 Å². The summed E-state index contributed by atoms with van der Waals surface area (Å²) >= 11 is 0. The summed E-state index contributed by atoms with van der Waals surface area (Å²) in [5.41, 5.74) is 1.11. The fourth-order valence-corrected chi connectivity index (χ4v) is 1.99. The summed E-state index contributed by atoms with van der Waals surface area (Å²) in [6.07, 6.45) is 3.63. The summed E-state index contributed by atoms with van der Waals surface area (Å²) in [6, 6.07) is 10.4. The van der Waals surface area contributed by atoms with Crippen molar-refractivity contribution in [2.24, 2.45) is 0 Å². The van der Waals surface area contributed by atoms with Crippen molar-refractivity contribution in [3.8, 4) is 0 Å². The number of anilines is 1. The summed E-state index contributed by atoms with van der Waals surface area (Å²) in [5, 5.41) is 8.29. The third kappa shape index (κ3) is 3.88. The van der Waals surface area contributed by atoms with Crippen LogP contribution in [0.15, 0.2) is 47.1 Å². The Bertz CT molecular complexity index is 663. The van der Waals surface area contributed by atoms with Gasteiger partial charge >= 0.3 is 6.03 Å². The Labute approximate surface area is 127 Å². The minimum Gasteiger partial charge on any atom is -0.467 e. The summed E-state index contributed by atoms with van der Waals surface area (Å²) in [4.78, 5) is 23.8. The first-order chi connectivity index (χ1) is 10.7. The normalized spacial score (nSPS) is 13.5. The highest BCUT2D eigenvalue weighted by Gasteiger charge is 2.23. The van der Waals surface area contributed by atoms with E-state index in [9.17, 15) is 9.59 Å². The standard InChI is InChI=1S/C16H17N3O3/c20-15(18-12-6-7-12)11-3-1-4-13(9-11)19-16(21)17-10-14-5-2-8-22-14/h1-5,8-9,12H,6-7,10H2,(H,18,20)(H2,17,19,21). The summed E-state index contributed by atoms with van der Waals surface area (Å²) in [5.74, 6) is 0.565. The minimum atomic E-state index is -0.351. The molecule has 1 aliphatic rings. The predicted molar refractivity (Wildman–Crippen MR) is 81.5 cm³/mol. The number of amides is 3. The van der Waals surface area contributed by atoms with Crippen molar-refractivity contribution < 1.29 is 14.0 Å². The van der Waals surface area contributed by atoms with Crippen LogP contribution in [0.1, 0.15) is 29.0 Å². The van der Waals surface area contributed by atoms with Gasteiger partial charge in [0.25, 0.3) is 5.91 Å². The summed E-state index contributed by atoms with van der Waals surface area (Å²) < 4.78 is 5.13. The van der Waals surface area contributed by atoms with E-state index in [2.05, 4.69) is 16.0 Å². The van der Waals surface area contributed by atoms with Crippen molar-refractivity contribution >= 4 is 17.6 Å². The van der Waals surface area contributed by atoms with E-state index in [0.29, 0.717) is 29.6 Å². The van der Waals surface area contributed by atoms with E-state index in [0.717, 1.165) is 12.8 Å². The van der Waals surface area contributed by atoms with Crippen LogP contribution in [0.25, 0.3) is 0 Å². The van der Waals surface area contributed by atoms with Crippen molar-refractivity contribution in [2.75, 3.05) is 5.32 Å². The molecule has 0 bridgehead atoms. The molecule has 114 valence electrons. The Morgan fingerprint density at radius 2 is 2.05 bits per heavy atom. The smallest absolute Gasteiger partial charge is 0.319 e. The predicted octanol–water partition coefficient (Wildman–Crippen LogP) is 2.49. The molecule has 3 rings (SSSR count). The molecule has 6 nitrogen and oxygen atoms in total. The Kier molecular flexibility index (Phi) is 4.09. The second-order valence-corrected chi connectivity index (χ2v) is 5.22. The first-order valence-corrected chi connectivity index (χ1v) is 7.19. The van der Waals surface area contributed by atoms with E-state index in [1.807, 2.05) is 0 Å². The average Bonchev–Trinajstić information content (AvgIpc) is 3.17. The highest BCUT2D eigenvalue weighted by Crippen LogP contribution is 2.20. The number of benzene rings is 1. The van der Waals surface area contributed by atoms with Gasteiger partial charge in [-0.3, -0.25) is 4.79 Å². The van der Waals surface area contributed by atoms with Gasteiger partial charge in [0.05, 0.1) is 12.8 Å². The molecule has 3 amide bonds. The summed E-state index contributed by atoms with van der Waals surface area (Å²) in [6.45, 7) is 0.306. The van der Waals surface area contributed by atoms with Crippen molar-refractivity contribution in [3.63, 3.8) is 0 Å². The van der Waals surface area contributed by atoms with Crippen LogP contribution in [-0.2, 0) is 6.54 Å². The molecule has 1 heterocycles. The van der Waals surface area contributed by atoms with Gasteiger partial charge < -0.3 is 20.4 Å². The largest absolute Gasteiger partial charge is 0.467 e. The average molecular weight is 299 g/mol. The number of furan rings is 1. The van der Waals surface area contributed by atoms with Gasteiger partial charge in [-0.2, -0.15) is 0 Å². The lowest BCUT2D eigenvalue weighted by atomic mass is 10.2. The maximum atomic E-state index is 12.0. The van der Waals surface area contributed by atoms with Gasteiger partial charge in [0.1, 0.15) is 5.76 Å². The Morgan fingerprint density at radius 1 is 1.18 bits per heavy atom. The molecule has 0 saturated heterocycles. The van der Waals surface area contributed by atoms with Crippen LogP contribution >= 0.6 is 0 Å². The maximum absolute atomic E-state index is 12.0. The van der Waals surface area contributed by atoms with Crippen molar-refractivity contribution in [1.29, 1.82) is 0 Å². The first kappa shape index (κ1) is 14.2. The zero-order valence-corrected chi connectivity index (χ0v) is 12.0. The highest BCUT2D eigenvalue weighted by molar-refractivity contribution is 5.97. The third-order valence-corrected chi connectivity index (χ3v) is 3.30. The number of carbonyl (C=O) groups is 2. The van der Waals surface area contributed by atoms with E-state index < -0.39 is 0 Å². The zero-order valence-electron chi connectivity index (χ0n) is 12.0. The molecule has 0 radical (unpaired) electrons. The molecule has 3 N–H and O–H groups in total. The number of hydrogen-bond donors (Lipinski definition) is 3. The number of hydrogen-bond acceptors (Lipinski definition) is 3. The van der Waals surface area contributed by atoms with Gasteiger partial charge in [-0.25, -0.2) is 4.79 Å². The summed E-state index contributed by atoms with van der Waals surface area (Å²) in [7, 11) is 0. The lowest BCUT2D eigenvalue weighted by molar-refractivity contribution is 0.0951. The van der Waals surface area contributed by atoms with E-state index in [1.54, 1.807) is 42.7 Å². The van der Waals surface area contributed by atoms with Crippen LogP contribution in [0.5, 0.6) is 0 Å². The molecular formula is C16H17N3O3. The van der Waals surface area contributed by atoms with E-state index in [1.165, 1.54) is 0 Å². The van der Waals surface area contributed by atoms with Gasteiger partial charge in [0.2, 0.25) is 0 Å². The second kappa shape index (κ2) is 6.34. The molecular weight excluding hydrogens is 282 g/mol. The third-order valence-electron chi connectivity index (χ3n) is 3.30. The molecule has 0 aliphatic heterocycles. The fraction of sp³-hybridized carbons (Fsp3) is 0.250. The van der Waals surface area contributed by atoms with E-state index >= 15 is 0 Å². The second-order valence-electron chi connectivity index (χ2n) is 5.22. The number of urea groups is 1. The topological polar surface area (TPSA) is 83.4 Å². The molecule has 1 aromatic heterocycles. The quantitative estimate of drug-likeness (QED) is 0.793. The van der Waals surface area contributed by atoms with Gasteiger partial charge in [0.15, 0.2) is 0 Å². The van der Waals surface area contributed by atoms with Crippen LogP contribution < -0.4 is 16.0 Å². The molecule has 1 fully saturated rings. The first-order valence-electron chi connectivity index (χ1n) is 7.19. The molecule has 1 aliphatic carbocycles. The Balaban J connectivity index is 1.54. The molecule has 1 saturated carbocycles. The van der Waals surface area contributed by atoms with E-state index in [4.69, 9.17) is 4.42 Å². The van der Waals surface area contributed by atoms with Crippen LogP contribution in [0.2, 0.25) is 0 Å². The van der Waals surface area contributed by atoms with Crippen molar-refractivity contribution in [2.45, 2.75) is 25.4 Å².